The molecule has 0 saturated carbocycles. The first-order valence-electron chi connectivity index (χ1n) is 31.2. The SMILES string of the molecule is CC/C=C\C/C=C\C/C=C\C/C=C\C/C=C\C/C=C\C/C=C\CCCCCC(=O)OCC(COC(=O)C/C=C\C/C=C\C/C=C\C/C=C\C/C=C\CC)OC(=O)CCCCCC/C=C\C/C=C\C/C=C\C/C=C\C/C=C\C/C=C\CC. The standard InChI is InChI=1S/C75H110O6/c1-4-7-10-13-16-19-22-25-28-30-32-34-36-37-39-40-42-44-47-50-53-56-59-62-65-68-74(77)80-71-72(70-79-73(76)67-64-61-58-55-52-49-46-27-24-21-18-15-12-9-6-3)81-75(78)69-66-63-60-57-54-51-48-45-43-41-38-35-33-31-29-26-23-20-17-14-11-8-5-2/h7-12,16-21,25-29,32-35,37,39,41-44,46,48,50-53,55,61,64,72H,4-6,13-15,22-24,30-31,36,38,40,45,47,49,54,56-60,62-63,65-71H2,1-3H3/b10-7-,11-8-,12-9-,19-16-,20-17-,21-18-,28-25-,29-26-,34-32-,35-33-,39-37-,43-41-,44-42-,46-27-,51-48-,53-50-,55-52-,64-61-. The Hall–Kier alpha value is -6.27. The van der Waals surface area contributed by atoms with Crippen LogP contribution in [0.1, 0.15) is 213 Å². The zero-order chi connectivity index (χ0) is 58.5. The molecule has 6 heteroatoms. The van der Waals surface area contributed by atoms with E-state index in [1.807, 2.05) is 6.08 Å². The highest BCUT2D eigenvalue weighted by Crippen LogP contribution is 2.11. The van der Waals surface area contributed by atoms with Crippen LogP contribution in [0.25, 0.3) is 0 Å². The van der Waals surface area contributed by atoms with Gasteiger partial charge < -0.3 is 14.2 Å². The lowest BCUT2D eigenvalue weighted by atomic mass is 10.1. The number of unbranched alkanes of at least 4 members (excludes halogenated alkanes) is 7. The van der Waals surface area contributed by atoms with Crippen LogP contribution in [0.4, 0.5) is 0 Å². The maximum absolute atomic E-state index is 12.9. The first-order valence-corrected chi connectivity index (χ1v) is 31.2. The number of rotatable bonds is 53. The van der Waals surface area contributed by atoms with Gasteiger partial charge in [0, 0.05) is 12.8 Å². The third-order valence-corrected chi connectivity index (χ3v) is 12.0. The van der Waals surface area contributed by atoms with E-state index in [0.29, 0.717) is 19.3 Å². The highest BCUT2D eigenvalue weighted by Gasteiger charge is 2.19. The zero-order valence-corrected chi connectivity index (χ0v) is 50.9. The first kappa shape index (κ1) is 74.7. The second kappa shape index (κ2) is 66.2. The second-order valence-corrected chi connectivity index (χ2v) is 19.5. The average molecular weight is 1110 g/mol. The Morgan fingerprint density at radius 2 is 0.494 bits per heavy atom. The van der Waals surface area contributed by atoms with Gasteiger partial charge in [0.15, 0.2) is 6.10 Å². The van der Waals surface area contributed by atoms with Gasteiger partial charge in [-0.05, 0) is 154 Å². The monoisotopic (exact) mass is 1110 g/mol. The largest absolute Gasteiger partial charge is 0.462 e. The predicted molar refractivity (Wildman–Crippen MR) is 352 cm³/mol. The molecule has 0 aliphatic carbocycles. The number of ether oxygens (including phenoxy) is 3. The van der Waals surface area contributed by atoms with E-state index in [-0.39, 0.29) is 44.4 Å². The average Bonchev–Trinajstić information content (AvgIpc) is 3.47. The van der Waals surface area contributed by atoms with Crippen LogP contribution in [0, 0.1) is 0 Å². The molecule has 0 amide bonds. The summed E-state index contributed by atoms with van der Waals surface area (Å²) in [5.74, 6) is -1.15. The van der Waals surface area contributed by atoms with E-state index in [9.17, 15) is 14.4 Å². The summed E-state index contributed by atoms with van der Waals surface area (Å²) in [6, 6.07) is 0. The van der Waals surface area contributed by atoms with Gasteiger partial charge in [-0.2, -0.15) is 0 Å². The predicted octanol–water partition coefficient (Wildman–Crippen LogP) is 21.8. The zero-order valence-electron chi connectivity index (χ0n) is 50.9. The van der Waals surface area contributed by atoms with Crippen molar-refractivity contribution in [1.82, 2.24) is 0 Å². The van der Waals surface area contributed by atoms with Crippen LogP contribution in [0.2, 0.25) is 0 Å². The van der Waals surface area contributed by atoms with E-state index in [2.05, 4.69) is 227 Å². The molecule has 1 atom stereocenters. The molecule has 0 aromatic rings. The lowest BCUT2D eigenvalue weighted by molar-refractivity contribution is -0.166. The molecule has 0 saturated heterocycles. The molecule has 0 rings (SSSR count). The van der Waals surface area contributed by atoms with Gasteiger partial charge >= 0.3 is 17.9 Å². The molecule has 0 aliphatic heterocycles. The van der Waals surface area contributed by atoms with E-state index >= 15 is 0 Å². The molecule has 446 valence electrons. The number of hydrogen-bond acceptors (Lipinski definition) is 6. The van der Waals surface area contributed by atoms with Crippen LogP contribution in [-0.2, 0) is 28.6 Å². The summed E-state index contributed by atoms with van der Waals surface area (Å²) < 4.78 is 16.7. The molecule has 0 N–H and O–H groups in total. The molecule has 0 fully saturated rings. The number of allylic oxidation sites excluding steroid dienone is 35. The van der Waals surface area contributed by atoms with Gasteiger partial charge in [0.25, 0.3) is 0 Å². The van der Waals surface area contributed by atoms with E-state index in [0.717, 1.165) is 154 Å². The summed E-state index contributed by atoms with van der Waals surface area (Å²) in [5, 5.41) is 0. The van der Waals surface area contributed by atoms with Crippen LogP contribution in [0.15, 0.2) is 219 Å². The Balaban J connectivity index is 4.63. The Labute approximate surface area is 495 Å². The molecule has 0 aliphatic rings. The van der Waals surface area contributed by atoms with Crippen molar-refractivity contribution < 1.29 is 28.6 Å². The van der Waals surface area contributed by atoms with Crippen molar-refractivity contribution in [3.05, 3.63) is 219 Å². The smallest absolute Gasteiger partial charge is 0.309 e. The van der Waals surface area contributed by atoms with E-state index in [1.54, 1.807) is 6.08 Å². The Bertz CT molecular complexity index is 2050. The molecule has 0 aromatic heterocycles. The van der Waals surface area contributed by atoms with Crippen LogP contribution < -0.4 is 0 Å². The van der Waals surface area contributed by atoms with Gasteiger partial charge in [0.1, 0.15) is 13.2 Å². The Kier molecular flexibility index (Phi) is 61.1. The van der Waals surface area contributed by atoms with Crippen LogP contribution in [0.5, 0.6) is 0 Å². The highest BCUT2D eigenvalue weighted by molar-refractivity contribution is 5.72. The lowest BCUT2D eigenvalue weighted by Crippen LogP contribution is -2.30. The summed E-state index contributed by atoms with van der Waals surface area (Å²) in [5.41, 5.74) is 0. The van der Waals surface area contributed by atoms with E-state index in [4.69, 9.17) is 14.2 Å². The van der Waals surface area contributed by atoms with Gasteiger partial charge in [-0.1, -0.05) is 259 Å². The molecule has 0 bridgehead atoms. The van der Waals surface area contributed by atoms with Crippen molar-refractivity contribution in [2.75, 3.05) is 13.2 Å². The molecule has 0 aromatic carbocycles. The lowest BCUT2D eigenvalue weighted by Gasteiger charge is -2.18. The van der Waals surface area contributed by atoms with Gasteiger partial charge in [0.05, 0.1) is 6.42 Å². The van der Waals surface area contributed by atoms with E-state index in [1.165, 1.54) is 0 Å². The Morgan fingerprint density at radius 3 is 0.802 bits per heavy atom. The summed E-state index contributed by atoms with van der Waals surface area (Å²) in [4.78, 5) is 38.2. The van der Waals surface area contributed by atoms with Crippen molar-refractivity contribution in [2.45, 2.75) is 219 Å². The van der Waals surface area contributed by atoms with Crippen molar-refractivity contribution >= 4 is 17.9 Å². The first-order chi connectivity index (χ1) is 40.0. The second-order valence-electron chi connectivity index (χ2n) is 19.5. The van der Waals surface area contributed by atoms with Crippen molar-refractivity contribution in [1.29, 1.82) is 0 Å². The third-order valence-electron chi connectivity index (χ3n) is 12.0. The van der Waals surface area contributed by atoms with Crippen LogP contribution in [0.3, 0.4) is 0 Å². The fourth-order valence-corrected chi connectivity index (χ4v) is 7.44. The quantitative estimate of drug-likeness (QED) is 0.0261. The fourth-order valence-electron chi connectivity index (χ4n) is 7.44. The van der Waals surface area contributed by atoms with Gasteiger partial charge in [-0.15, -0.1) is 0 Å². The summed E-state index contributed by atoms with van der Waals surface area (Å²) >= 11 is 0. The number of hydrogen-bond donors (Lipinski definition) is 0. The molecule has 6 nitrogen and oxygen atoms in total. The molecule has 0 spiro atoms. The summed E-state index contributed by atoms with van der Waals surface area (Å²) in [6.45, 7) is 6.13. The molecular formula is C75H110O6. The molecule has 1 unspecified atom stereocenters. The topological polar surface area (TPSA) is 78.9 Å². The van der Waals surface area contributed by atoms with Crippen LogP contribution >= 0.6 is 0 Å². The van der Waals surface area contributed by atoms with Gasteiger partial charge in [0.2, 0.25) is 0 Å². The van der Waals surface area contributed by atoms with Gasteiger partial charge in [-0.3, -0.25) is 14.4 Å². The number of esters is 3. The normalized spacial score (nSPS) is 13.7. The maximum atomic E-state index is 12.9. The van der Waals surface area contributed by atoms with Gasteiger partial charge in [-0.25, -0.2) is 0 Å². The highest BCUT2D eigenvalue weighted by atomic mass is 16.6. The molecule has 0 radical (unpaired) electrons. The van der Waals surface area contributed by atoms with Crippen LogP contribution in [-0.4, -0.2) is 37.2 Å². The third kappa shape index (κ3) is 64.4. The fraction of sp³-hybridized carbons (Fsp3) is 0.480. The minimum Gasteiger partial charge on any atom is -0.462 e. The minimum absolute atomic E-state index is 0.101. The van der Waals surface area contributed by atoms with Crippen molar-refractivity contribution in [2.24, 2.45) is 0 Å². The number of carbonyl (C=O) groups is 3. The van der Waals surface area contributed by atoms with E-state index < -0.39 is 12.1 Å². The molecule has 0 heterocycles. The van der Waals surface area contributed by atoms with Crippen molar-refractivity contribution in [3.8, 4) is 0 Å². The number of carbonyl (C=O) groups excluding carboxylic acids is 3. The maximum Gasteiger partial charge on any atom is 0.309 e. The summed E-state index contributed by atoms with van der Waals surface area (Å²) in [7, 11) is 0. The molecule has 81 heavy (non-hydrogen) atoms. The van der Waals surface area contributed by atoms with Crippen molar-refractivity contribution in [3.63, 3.8) is 0 Å². The molecular weight excluding hydrogens is 997 g/mol. The minimum atomic E-state index is -0.863. The summed E-state index contributed by atoms with van der Waals surface area (Å²) in [6.07, 6.45) is 104. The Morgan fingerprint density at radius 1 is 0.259 bits per heavy atom.